The monoisotopic (exact) mass is 392 g/mol. The van der Waals surface area contributed by atoms with E-state index in [1.54, 1.807) is 0 Å². The molecule has 1 fully saturated rings. The van der Waals surface area contributed by atoms with Crippen LogP contribution >= 0.6 is 24.0 Å². The van der Waals surface area contributed by atoms with Gasteiger partial charge in [0.2, 0.25) is 10.0 Å². The Balaban J connectivity index is 0.00000264. The van der Waals surface area contributed by atoms with Gasteiger partial charge in [-0.25, -0.2) is 8.42 Å². The molecular weight excluding hydrogens is 376 g/mol. The summed E-state index contributed by atoms with van der Waals surface area (Å²) >= 11 is 5.57. The third-order valence-corrected chi connectivity index (χ3v) is 5.96. The highest BCUT2D eigenvalue weighted by Gasteiger charge is 2.40. The third-order valence-electron chi connectivity index (χ3n) is 3.77. The van der Waals surface area contributed by atoms with Gasteiger partial charge in [-0.1, -0.05) is 11.6 Å². The van der Waals surface area contributed by atoms with Crippen molar-refractivity contribution in [3.63, 3.8) is 0 Å². The van der Waals surface area contributed by atoms with Gasteiger partial charge < -0.3 is 5.73 Å². The number of benzene rings is 1. The molecule has 1 aliphatic rings. The summed E-state index contributed by atoms with van der Waals surface area (Å²) in [6.07, 6.45) is -3.70. The maximum atomic E-state index is 13.1. The largest absolute Gasteiger partial charge is 0.417 e. The molecular formula is C13H17Cl2F3N2O2S. The van der Waals surface area contributed by atoms with E-state index < -0.39 is 26.7 Å². The summed E-state index contributed by atoms with van der Waals surface area (Å²) in [5.41, 5.74) is 4.30. The van der Waals surface area contributed by atoms with Crippen LogP contribution in [0.15, 0.2) is 23.1 Å². The molecule has 1 saturated heterocycles. The van der Waals surface area contributed by atoms with Crippen LogP contribution in [0.2, 0.25) is 5.02 Å². The molecule has 4 nitrogen and oxygen atoms in total. The van der Waals surface area contributed by atoms with Crippen molar-refractivity contribution < 1.29 is 21.6 Å². The molecule has 23 heavy (non-hydrogen) atoms. The second kappa shape index (κ2) is 7.57. The zero-order valence-corrected chi connectivity index (χ0v) is 14.4. The number of nitrogens with zero attached hydrogens (tertiary/aromatic N) is 1. The van der Waals surface area contributed by atoms with Crippen LogP contribution in [0.4, 0.5) is 13.2 Å². The van der Waals surface area contributed by atoms with Crippen LogP contribution < -0.4 is 5.73 Å². The first kappa shape index (κ1) is 20.5. The summed E-state index contributed by atoms with van der Waals surface area (Å²) in [5, 5.41) is -0.159. The number of piperidine rings is 1. The first-order chi connectivity index (χ1) is 10.2. The Kier molecular flexibility index (Phi) is 6.74. The van der Waals surface area contributed by atoms with Crippen molar-refractivity contribution in [3.8, 4) is 0 Å². The van der Waals surface area contributed by atoms with Crippen LogP contribution in [-0.2, 0) is 16.2 Å². The van der Waals surface area contributed by atoms with Gasteiger partial charge in [0.15, 0.2) is 0 Å². The van der Waals surface area contributed by atoms with E-state index >= 15 is 0 Å². The number of nitrogens with two attached hydrogens (primary N) is 1. The Labute approximate surface area is 144 Å². The zero-order valence-electron chi connectivity index (χ0n) is 12.0. The summed E-state index contributed by atoms with van der Waals surface area (Å²) in [5.74, 6) is 0.207. The number of hydrogen-bond donors (Lipinski definition) is 1. The number of halogens is 5. The summed E-state index contributed by atoms with van der Waals surface area (Å²) in [6, 6.07) is 2.70. The molecule has 0 atom stereocenters. The first-order valence-electron chi connectivity index (χ1n) is 6.73. The number of alkyl halides is 3. The van der Waals surface area contributed by atoms with Crippen molar-refractivity contribution in [3.05, 3.63) is 28.8 Å². The highest BCUT2D eigenvalue weighted by atomic mass is 35.5. The first-order valence-corrected chi connectivity index (χ1v) is 8.55. The molecule has 132 valence electrons. The average molecular weight is 393 g/mol. The predicted octanol–water partition coefficient (Wildman–Crippen LogP) is 3.14. The molecule has 0 unspecified atom stereocenters. The van der Waals surface area contributed by atoms with Crippen molar-refractivity contribution in [1.82, 2.24) is 4.31 Å². The van der Waals surface area contributed by atoms with Gasteiger partial charge >= 0.3 is 6.18 Å². The van der Waals surface area contributed by atoms with E-state index in [0.29, 0.717) is 25.5 Å². The normalized spacial score (nSPS) is 17.8. The minimum absolute atomic E-state index is 0. The fourth-order valence-corrected chi connectivity index (χ4v) is 4.31. The van der Waals surface area contributed by atoms with Crippen molar-refractivity contribution in [2.45, 2.75) is 23.9 Å². The van der Waals surface area contributed by atoms with E-state index in [2.05, 4.69) is 0 Å². The van der Waals surface area contributed by atoms with Crippen LogP contribution in [0.3, 0.4) is 0 Å². The quantitative estimate of drug-likeness (QED) is 0.858. The van der Waals surface area contributed by atoms with Crippen LogP contribution in [0, 0.1) is 5.92 Å². The molecule has 2 rings (SSSR count). The fourth-order valence-electron chi connectivity index (χ4n) is 2.47. The third kappa shape index (κ3) is 4.51. The van der Waals surface area contributed by atoms with Crippen LogP contribution in [0.25, 0.3) is 0 Å². The van der Waals surface area contributed by atoms with Gasteiger partial charge in [0.1, 0.15) is 0 Å². The Bertz CT molecular complexity index is 645. The molecule has 0 radical (unpaired) electrons. The Morgan fingerprint density at radius 3 is 2.30 bits per heavy atom. The maximum Gasteiger partial charge on any atom is 0.417 e. The van der Waals surface area contributed by atoms with Gasteiger partial charge in [0, 0.05) is 18.1 Å². The lowest BCUT2D eigenvalue weighted by Gasteiger charge is -2.31. The van der Waals surface area contributed by atoms with Crippen molar-refractivity contribution in [2.75, 3.05) is 19.6 Å². The molecule has 2 N–H and O–H groups in total. The van der Waals surface area contributed by atoms with E-state index in [1.165, 1.54) is 0 Å². The van der Waals surface area contributed by atoms with E-state index in [0.717, 1.165) is 16.4 Å². The minimum atomic E-state index is -4.79. The van der Waals surface area contributed by atoms with Gasteiger partial charge in [0.05, 0.1) is 10.5 Å². The molecule has 1 aliphatic heterocycles. The molecule has 0 saturated carbocycles. The highest BCUT2D eigenvalue weighted by molar-refractivity contribution is 7.89. The zero-order chi connectivity index (χ0) is 16.5. The molecule has 0 amide bonds. The van der Waals surface area contributed by atoms with Gasteiger partial charge in [-0.2, -0.15) is 17.5 Å². The highest BCUT2D eigenvalue weighted by Crippen LogP contribution is 2.37. The lowest BCUT2D eigenvalue weighted by molar-refractivity contribution is -0.139. The lowest BCUT2D eigenvalue weighted by Crippen LogP contribution is -2.40. The number of hydrogen-bond acceptors (Lipinski definition) is 3. The van der Waals surface area contributed by atoms with Crippen LogP contribution in [0.1, 0.15) is 18.4 Å². The Hall–Kier alpha value is -0.540. The summed E-state index contributed by atoms with van der Waals surface area (Å²) < 4.78 is 65.4. The molecule has 1 aromatic rings. The molecule has 1 heterocycles. The van der Waals surface area contributed by atoms with Gasteiger partial charge in [-0.05, 0) is 43.5 Å². The maximum absolute atomic E-state index is 13.1. The molecule has 10 heteroatoms. The van der Waals surface area contributed by atoms with Gasteiger partial charge in [-0.3, -0.25) is 0 Å². The Morgan fingerprint density at radius 1 is 1.26 bits per heavy atom. The predicted molar refractivity (Wildman–Crippen MR) is 84.2 cm³/mol. The molecule has 0 aliphatic carbocycles. The molecule has 0 bridgehead atoms. The van der Waals surface area contributed by atoms with Gasteiger partial charge in [0.25, 0.3) is 0 Å². The van der Waals surface area contributed by atoms with Crippen molar-refractivity contribution in [2.24, 2.45) is 11.7 Å². The minimum Gasteiger partial charge on any atom is -0.330 e. The van der Waals surface area contributed by atoms with E-state index in [-0.39, 0.29) is 36.4 Å². The lowest BCUT2D eigenvalue weighted by atomic mass is 9.99. The smallest absolute Gasteiger partial charge is 0.330 e. The SMILES string of the molecule is Cl.NCC1CCN(S(=O)(=O)c2ccc(Cl)cc2C(F)(F)F)CC1. The van der Waals surface area contributed by atoms with Crippen molar-refractivity contribution >= 4 is 34.0 Å². The van der Waals surface area contributed by atoms with E-state index in [1.807, 2.05) is 0 Å². The van der Waals surface area contributed by atoms with E-state index in [4.69, 9.17) is 17.3 Å². The Morgan fingerprint density at radius 2 is 1.83 bits per heavy atom. The summed E-state index contributed by atoms with van der Waals surface area (Å²) in [6.45, 7) is 0.789. The number of sulfonamides is 1. The average Bonchev–Trinajstić information content (AvgIpc) is 2.46. The molecule has 0 aromatic heterocycles. The second-order valence-electron chi connectivity index (χ2n) is 5.22. The standard InChI is InChI=1S/C13H16ClF3N2O2S.ClH/c14-10-1-2-12(11(7-10)13(15,16)17)22(20,21)19-5-3-9(8-18)4-6-19;/h1-2,7,9H,3-6,8,18H2;1H. The second-order valence-corrected chi connectivity index (χ2v) is 7.56. The fraction of sp³-hybridized carbons (Fsp3) is 0.538. The summed E-state index contributed by atoms with van der Waals surface area (Å²) in [4.78, 5) is -0.754. The topological polar surface area (TPSA) is 63.4 Å². The van der Waals surface area contributed by atoms with Crippen molar-refractivity contribution in [1.29, 1.82) is 0 Å². The molecule has 1 aromatic carbocycles. The van der Waals surface area contributed by atoms with E-state index in [9.17, 15) is 21.6 Å². The number of rotatable bonds is 3. The summed E-state index contributed by atoms with van der Waals surface area (Å²) in [7, 11) is -4.21. The van der Waals surface area contributed by atoms with Crippen LogP contribution in [0.5, 0.6) is 0 Å². The van der Waals surface area contributed by atoms with Gasteiger partial charge in [-0.15, -0.1) is 12.4 Å². The molecule has 0 spiro atoms. The van der Waals surface area contributed by atoms with Crippen LogP contribution in [-0.4, -0.2) is 32.4 Å².